The molecule has 0 saturated carbocycles. The molecule has 0 spiro atoms. The van der Waals surface area contributed by atoms with Crippen LogP contribution in [0.1, 0.15) is 35.8 Å². The van der Waals surface area contributed by atoms with E-state index in [0.29, 0.717) is 12.5 Å². The number of fused-ring (bicyclic) bond motifs is 1. The monoisotopic (exact) mass is 337 g/mol. The van der Waals surface area contributed by atoms with E-state index in [2.05, 4.69) is 9.55 Å². The number of likely N-dealkylation sites (tertiary alicyclic amines) is 1. The van der Waals surface area contributed by atoms with Gasteiger partial charge in [-0.05, 0) is 31.9 Å². The van der Waals surface area contributed by atoms with Crippen LogP contribution in [0.4, 0.5) is 0 Å². The molecule has 1 atom stereocenters. The van der Waals surface area contributed by atoms with Gasteiger partial charge in [-0.25, -0.2) is 4.98 Å². The third-order valence-electron chi connectivity index (χ3n) is 5.01. The van der Waals surface area contributed by atoms with Gasteiger partial charge in [0, 0.05) is 37.8 Å². The number of hydrogen-bond acceptors (Lipinski definition) is 3. The van der Waals surface area contributed by atoms with Crippen molar-refractivity contribution >= 4 is 12.0 Å². The highest BCUT2D eigenvalue weighted by molar-refractivity contribution is 5.99. The molecule has 2 aromatic rings. The summed E-state index contributed by atoms with van der Waals surface area (Å²) in [4.78, 5) is 19.6. The lowest BCUT2D eigenvalue weighted by molar-refractivity contribution is -0.128. The summed E-state index contributed by atoms with van der Waals surface area (Å²) in [6.07, 6.45) is 6.10. The number of aryl methyl sites for hydroxylation is 2. The van der Waals surface area contributed by atoms with Crippen molar-refractivity contribution in [2.75, 3.05) is 19.7 Å². The zero-order valence-electron chi connectivity index (χ0n) is 14.7. The predicted octanol–water partition coefficient (Wildman–Crippen LogP) is 2.91. The van der Waals surface area contributed by atoms with Crippen LogP contribution in [0, 0.1) is 6.92 Å². The lowest BCUT2D eigenvalue weighted by atomic mass is 9.96. The summed E-state index contributed by atoms with van der Waals surface area (Å²) in [6, 6.07) is 7.83. The Hall–Kier alpha value is -2.56. The Labute approximate surface area is 147 Å². The molecule has 0 aliphatic carbocycles. The Balaban J connectivity index is 1.53. The molecule has 1 fully saturated rings. The molecular weight excluding hydrogens is 314 g/mol. The van der Waals surface area contributed by atoms with Crippen molar-refractivity contribution in [3.05, 3.63) is 53.1 Å². The summed E-state index contributed by atoms with van der Waals surface area (Å²) >= 11 is 0. The molecule has 5 heteroatoms. The van der Waals surface area contributed by atoms with E-state index in [1.165, 1.54) is 0 Å². The maximum absolute atomic E-state index is 13.0. The lowest BCUT2D eigenvalue weighted by Crippen LogP contribution is -2.41. The fourth-order valence-corrected chi connectivity index (χ4v) is 3.83. The van der Waals surface area contributed by atoms with Gasteiger partial charge in [0.2, 0.25) is 0 Å². The smallest absolute Gasteiger partial charge is 0.253 e. The molecule has 0 bridgehead atoms. The average Bonchev–Trinajstić information content (AvgIpc) is 2.99. The Morgan fingerprint density at radius 2 is 2.16 bits per heavy atom. The maximum atomic E-state index is 13.0. The Morgan fingerprint density at radius 3 is 2.96 bits per heavy atom. The van der Waals surface area contributed by atoms with Crippen LogP contribution in [0.25, 0.3) is 6.08 Å². The van der Waals surface area contributed by atoms with Gasteiger partial charge in [-0.15, -0.1) is 0 Å². The number of nitrogens with zero attached hydrogens (tertiary/aromatic N) is 3. The van der Waals surface area contributed by atoms with Crippen molar-refractivity contribution in [2.24, 2.45) is 7.05 Å². The minimum atomic E-state index is 0.0881. The van der Waals surface area contributed by atoms with Crippen LogP contribution in [0.5, 0.6) is 5.75 Å². The molecule has 2 aliphatic rings. The highest BCUT2D eigenvalue weighted by Gasteiger charge is 2.29. The maximum Gasteiger partial charge on any atom is 0.253 e. The molecule has 0 unspecified atom stereocenters. The van der Waals surface area contributed by atoms with Gasteiger partial charge in [0.05, 0.1) is 11.3 Å². The first kappa shape index (κ1) is 15.9. The molecular formula is C20H23N3O2. The van der Waals surface area contributed by atoms with Crippen LogP contribution in [0.2, 0.25) is 0 Å². The second kappa shape index (κ2) is 6.39. The first-order chi connectivity index (χ1) is 12.1. The minimum absolute atomic E-state index is 0.0881. The van der Waals surface area contributed by atoms with E-state index in [1.807, 2.05) is 55.4 Å². The van der Waals surface area contributed by atoms with Gasteiger partial charge in [-0.3, -0.25) is 4.79 Å². The number of aromatic nitrogens is 2. The molecule has 2 aliphatic heterocycles. The fraction of sp³-hybridized carbons (Fsp3) is 0.400. The highest BCUT2D eigenvalue weighted by atomic mass is 16.5. The van der Waals surface area contributed by atoms with Gasteiger partial charge in [0.1, 0.15) is 18.2 Å². The van der Waals surface area contributed by atoms with Crippen molar-refractivity contribution in [3.63, 3.8) is 0 Å². The molecule has 25 heavy (non-hydrogen) atoms. The van der Waals surface area contributed by atoms with E-state index in [9.17, 15) is 4.79 Å². The number of rotatable bonds is 2. The quantitative estimate of drug-likeness (QED) is 0.846. The first-order valence-electron chi connectivity index (χ1n) is 8.83. The molecule has 1 amide bonds. The summed E-state index contributed by atoms with van der Waals surface area (Å²) < 4.78 is 7.84. The van der Waals surface area contributed by atoms with Gasteiger partial charge in [-0.1, -0.05) is 18.2 Å². The predicted molar refractivity (Wildman–Crippen MR) is 96.4 cm³/mol. The van der Waals surface area contributed by atoms with Gasteiger partial charge in [0.25, 0.3) is 5.91 Å². The van der Waals surface area contributed by atoms with Crippen LogP contribution < -0.4 is 4.74 Å². The summed E-state index contributed by atoms with van der Waals surface area (Å²) in [5.74, 6) is 2.31. The SMILES string of the molecule is Cc1cn(C)c([C@@H]2CCCN(C(=O)C3=Cc4ccccc4OC3)C2)n1. The molecule has 130 valence electrons. The van der Waals surface area contributed by atoms with Crippen molar-refractivity contribution in [2.45, 2.75) is 25.7 Å². The zero-order chi connectivity index (χ0) is 17.4. The molecule has 4 rings (SSSR count). The summed E-state index contributed by atoms with van der Waals surface area (Å²) in [7, 11) is 2.03. The topological polar surface area (TPSA) is 47.4 Å². The van der Waals surface area contributed by atoms with E-state index in [-0.39, 0.29) is 5.91 Å². The normalized spacial score (nSPS) is 19.8. The molecule has 3 heterocycles. The van der Waals surface area contributed by atoms with Gasteiger partial charge >= 0.3 is 0 Å². The number of piperidine rings is 1. The van der Waals surface area contributed by atoms with E-state index in [4.69, 9.17) is 4.74 Å². The van der Waals surface area contributed by atoms with Crippen molar-refractivity contribution < 1.29 is 9.53 Å². The van der Waals surface area contributed by atoms with Crippen molar-refractivity contribution in [1.29, 1.82) is 0 Å². The van der Waals surface area contributed by atoms with Gasteiger partial charge in [0.15, 0.2) is 0 Å². The van der Waals surface area contributed by atoms with Crippen molar-refractivity contribution in [1.82, 2.24) is 14.5 Å². The molecule has 1 aromatic carbocycles. The first-order valence-corrected chi connectivity index (χ1v) is 8.83. The van der Waals surface area contributed by atoms with Crippen molar-refractivity contribution in [3.8, 4) is 5.75 Å². The number of carbonyl (C=O) groups is 1. The standard InChI is InChI=1S/C20H23N3O2/c1-14-11-22(2)19(21-14)16-7-5-9-23(12-16)20(24)17-10-15-6-3-4-8-18(15)25-13-17/h3-4,6,8,10-11,16H,5,7,9,12-13H2,1-2H3/t16-/m1/s1. The number of imidazole rings is 1. The molecule has 0 radical (unpaired) electrons. The van der Waals surface area contributed by atoms with Crippen LogP contribution in [-0.4, -0.2) is 40.1 Å². The number of hydrogen-bond donors (Lipinski definition) is 0. The Kier molecular flexibility index (Phi) is 4.07. The van der Waals surface area contributed by atoms with E-state index in [1.54, 1.807) is 0 Å². The third kappa shape index (κ3) is 3.06. The summed E-state index contributed by atoms with van der Waals surface area (Å²) in [6.45, 7) is 3.88. The van der Waals surface area contributed by atoms with Crippen LogP contribution in [0.15, 0.2) is 36.0 Å². The molecule has 1 saturated heterocycles. The summed E-state index contributed by atoms with van der Waals surface area (Å²) in [5.41, 5.74) is 2.74. The Bertz CT molecular complexity index is 837. The molecule has 0 N–H and O–H groups in total. The number of carbonyl (C=O) groups excluding carboxylic acids is 1. The van der Waals surface area contributed by atoms with E-state index < -0.39 is 0 Å². The largest absolute Gasteiger partial charge is 0.488 e. The Morgan fingerprint density at radius 1 is 1.32 bits per heavy atom. The highest BCUT2D eigenvalue weighted by Crippen LogP contribution is 2.30. The van der Waals surface area contributed by atoms with Gasteiger partial charge in [-0.2, -0.15) is 0 Å². The lowest BCUT2D eigenvalue weighted by Gasteiger charge is -2.33. The number of ether oxygens (including phenoxy) is 1. The zero-order valence-corrected chi connectivity index (χ0v) is 14.7. The van der Waals surface area contributed by atoms with Gasteiger partial charge < -0.3 is 14.2 Å². The van der Waals surface area contributed by atoms with E-state index >= 15 is 0 Å². The number of benzene rings is 1. The number of amides is 1. The van der Waals surface area contributed by atoms with Crippen LogP contribution in [-0.2, 0) is 11.8 Å². The average molecular weight is 337 g/mol. The third-order valence-corrected chi connectivity index (χ3v) is 5.01. The second-order valence-electron chi connectivity index (χ2n) is 6.94. The second-order valence-corrected chi connectivity index (χ2v) is 6.94. The molecule has 1 aromatic heterocycles. The minimum Gasteiger partial charge on any atom is -0.488 e. The number of para-hydroxylation sites is 1. The fourth-order valence-electron chi connectivity index (χ4n) is 3.83. The van der Waals surface area contributed by atoms with Crippen LogP contribution in [0.3, 0.4) is 0 Å². The molecule has 5 nitrogen and oxygen atoms in total. The van der Waals surface area contributed by atoms with E-state index in [0.717, 1.165) is 54.3 Å². The van der Waals surface area contributed by atoms with Crippen LogP contribution >= 0.6 is 0 Å². The summed E-state index contributed by atoms with van der Waals surface area (Å²) in [5, 5.41) is 0.